The van der Waals surface area contributed by atoms with E-state index in [0.717, 1.165) is 11.6 Å². The molecule has 3 nitrogen and oxygen atoms in total. The molecule has 0 heterocycles. The summed E-state index contributed by atoms with van der Waals surface area (Å²) in [5, 5.41) is 11.4. The van der Waals surface area contributed by atoms with Crippen LogP contribution in [0.4, 0.5) is 4.39 Å². The fraction of sp³-hybridized carbons (Fsp3) is 0.118. The molecular formula is C17H14FNO2. The normalized spacial score (nSPS) is 9.62. The number of rotatable bonds is 3. The number of carbonyl (C=O) groups excluding carboxylic acids is 1. The van der Waals surface area contributed by atoms with E-state index in [1.165, 1.54) is 12.1 Å². The van der Waals surface area contributed by atoms with Crippen LogP contribution in [-0.2, 0) is 6.54 Å². The van der Waals surface area contributed by atoms with Gasteiger partial charge in [-0.15, -0.1) is 0 Å². The summed E-state index contributed by atoms with van der Waals surface area (Å²) in [6.45, 7) is 0.0332. The van der Waals surface area contributed by atoms with Crippen LogP contribution in [0.15, 0.2) is 48.5 Å². The van der Waals surface area contributed by atoms with E-state index in [4.69, 9.17) is 5.11 Å². The van der Waals surface area contributed by atoms with Crippen molar-refractivity contribution < 1.29 is 14.3 Å². The van der Waals surface area contributed by atoms with Gasteiger partial charge in [0.1, 0.15) is 12.4 Å². The van der Waals surface area contributed by atoms with Gasteiger partial charge in [-0.1, -0.05) is 42.2 Å². The fourth-order valence-electron chi connectivity index (χ4n) is 1.82. The molecule has 2 N–H and O–H groups in total. The molecule has 0 fully saturated rings. The first-order valence-corrected chi connectivity index (χ1v) is 6.42. The van der Waals surface area contributed by atoms with Gasteiger partial charge in [0.2, 0.25) is 0 Å². The minimum atomic E-state index is -0.505. The molecule has 0 aliphatic rings. The molecule has 0 saturated heterocycles. The molecule has 4 heteroatoms. The van der Waals surface area contributed by atoms with E-state index in [2.05, 4.69) is 17.2 Å². The van der Waals surface area contributed by atoms with E-state index in [0.29, 0.717) is 12.1 Å². The molecule has 2 aromatic carbocycles. The third-order valence-corrected chi connectivity index (χ3v) is 2.82. The summed E-state index contributed by atoms with van der Waals surface area (Å²) in [4.78, 5) is 12.1. The molecule has 0 aliphatic carbocycles. The van der Waals surface area contributed by atoms with Gasteiger partial charge in [-0.05, 0) is 23.8 Å². The Morgan fingerprint density at radius 1 is 1.19 bits per heavy atom. The second kappa shape index (κ2) is 7.22. The highest BCUT2D eigenvalue weighted by Gasteiger charge is 2.11. The first-order valence-electron chi connectivity index (χ1n) is 6.42. The number of hydrogen-bond donors (Lipinski definition) is 2. The SMILES string of the molecule is O=C(NCc1ccccc1)c1cc(F)ccc1C#CCO. The maximum atomic E-state index is 13.3. The van der Waals surface area contributed by atoms with Crippen LogP contribution in [0.5, 0.6) is 0 Å². The third-order valence-electron chi connectivity index (χ3n) is 2.82. The fourth-order valence-corrected chi connectivity index (χ4v) is 1.82. The summed E-state index contributed by atoms with van der Waals surface area (Å²) >= 11 is 0. The van der Waals surface area contributed by atoms with E-state index in [1.807, 2.05) is 30.3 Å². The van der Waals surface area contributed by atoms with Gasteiger partial charge in [-0.2, -0.15) is 0 Å². The van der Waals surface area contributed by atoms with Crippen LogP contribution in [0.1, 0.15) is 21.5 Å². The lowest BCUT2D eigenvalue weighted by atomic mass is 10.1. The van der Waals surface area contributed by atoms with Crippen molar-refractivity contribution in [3.8, 4) is 11.8 Å². The Morgan fingerprint density at radius 2 is 1.95 bits per heavy atom. The van der Waals surface area contributed by atoms with Gasteiger partial charge >= 0.3 is 0 Å². The van der Waals surface area contributed by atoms with E-state index >= 15 is 0 Å². The largest absolute Gasteiger partial charge is 0.384 e. The number of benzene rings is 2. The molecule has 21 heavy (non-hydrogen) atoms. The molecule has 0 aliphatic heterocycles. The maximum Gasteiger partial charge on any atom is 0.252 e. The van der Waals surface area contributed by atoms with Crippen molar-refractivity contribution in [2.45, 2.75) is 6.54 Å². The van der Waals surface area contributed by atoms with Gasteiger partial charge in [0.25, 0.3) is 5.91 Å². The van der Waals surface area contributed by atoms with Crippen molar-refractivity contribution in [1.29, 1.82) is 0 Å². The highest BCUT2D eigenvalue weighted by molar-refractivity contribution is 5.96. The molecule has 1 amide bonds. The van der Waals surface area contributed by atoms with Crippen LogP contribution in [0.3, 0.4) is 0 Å². The monoisotopic (exact) mass is 283 g/mol. The van der Waals surface area contributed by atoms with E-state index in [-0.39, 0.29) is 12.2 Å². The van der Waals surface area contributed by atoms with Gasteiger partial charge in [0.05, 0.1) is 5.56 Å². The van der Waals surface area contributed by atoms with E-state index in [9.17, 15) is 9.18 Å². The van der Waals surface area contributed by atoms with Gasteiger partial charge in [-0.25, -0.2) is 4.39 Å². The topological polar surface area (TPSA) is 49.3 Å². The number of halogens is 1. The zero-order chi connectivity index (χ0) is 15.1. The molecule has 0 saturated carbocycles. The Bertz CT molecular complexity index is 687. The summed E-state index contributed by atoms with van der Waals surface area (Å²) in [7, 11) is 0. The molecule has 0 unspecified atom stereocenters. The lowest BCUT2D eigenvalue weighted by Crippen LogP contribution is -2.23. The minimum Gasteiger partial charge on any atom is -0.384 e. The van der Waals surface area contributed by atoms with Gasteiger partial charge < -0.3 is 10.4 Å². The maximum absolute atomic E-state index is 13.3. The highest BCUT2D eigenvalue weighted by atomic mass is 19.1. The molecular weight excluding hydrogens is 269 g/mol. The Kier molecular flexibility index (Phi) is 5.08. The zero-order valence-electron chi connectivity index (χ0n) is 11.3. The summed E-state index contributed by atoms with van der Waals surface area (Å²) < 4.78 is 13.3. The van der Waals surface area contributed by atoms with Gasteiger partial charge in [0.15, 0.2) is 0 Å². The molecule has 0 bridgehead atoms. The van der Waals surface area contributed by atoms with Crippen molar-refractivity contribution in [2.24, 2.45) is 0 Å². The Labute approximate surface area is 122 Å². The number of hydrogen-bond acceptors (Lipinski definition) is 2. The summed E-state index contributed by atoms with van der Waals surface area (Å²) in [6.07, 6.45) is 0. The summed E-state index contributed by atoms with van der Waals surface area (Å²) in [6, 6.07) is 13.2. The van der Waals surface area contributed by atoms with Crippen LogP contribution in [0.25, 0.3) is 0 Å². The van der Waals surface area contributed by atoms with E-state index < -0.39 is 11.7 Å². The standard InChI is InChI=1S/C17H14FNO2/c18-15-9-8-14(7-4-10-20)16(11-15)17(21)19-12-13-5-2-1-3-6-13/h1-3,5-6,8-9,11,20H,10,12H2,(H,19,21). The first-order chi connectivity index (χ1) is 10.2. The Morgan fingerprint density at radius 3 is 2.67 bits per heavy atom. The van der Waals surface area contributed by atoms with Gasteiger partial charge in [0, 0.05) is 12.1 Å². The van der Waals surface area contributed by atoms with Crippen LogP contribution in [-0.4, -0.2) is 17.6 Å². The Balaban J connectivity index is 2.16. The number of amides is 1. The number of carbonyl (C=O) groups is 1. The second-order valence-corrected chi connectivity index (χ2v) is 4.32. The summed E-state index contributed by atoms with van der Waals surface area (Å²) in [5.74, 6) is 4.19. The third kappa shape index (κ3) is 4.16. The molecule has 106 valence electrons. The van der Waals surface area contributed by atoms with Crippen molar-refractivity contribution in [2.75, 3.05) is 6.61 Å². The quantitative estimate of drug-likeness (QED) is 0.848. The molecule has 0 atom stereocenters. The van der Waals surface area contributed by atoms with Crippen molar-refractivity contribution in [1.82, 2.24) is 5.32 Å². The molecule has 0 radical (unpaired) electrons. The predicted octanol–water partition coefficient (Wildman–Crippen LogP) is 2.10. The molecule has 0 spiro atoms. The molecule has 2 rings (SSSR count). The number of aliphatic hydroxyl groups excluding tert-OH is 1. The smallest absolute Gasteiger partial charge is 0.252 e. The second-order valence-electron chi connectivity index (χ2n) is 4.32. The number of nitrogens with one attached hydrogen (secondary N) is 1. The van der Waals surface area contributed by atoms with E-state index in [1.54, 1.807) is 0 Å². The minimum absolute atomic E-state index is 0.159. The Hall–Kier alpha value is -2.64. The van der Waals surface area contributed by atoms with Crippen LogP contribution < -0.4 is 5.32 Å². The van der Waals surface area contributed by atoms with Crippen LogP contribution in [0.2, 0.25) is 0 Å². The molecule has 2 aromatic rings. The zero-order valence-corrected chi connectivity index (χ0v) is 11.3. The van der Waals surface area contributed by atoms with Crippen molar-refractivity contribution in [3.63, 3.8) is 0 Å². The van der Waals surface area contributed by atoms with Crippen LogP contribution >= 0.6 is 0 Å². The first kappa shape index (κ1) is 14.8. The highest BCUT2D eigenvalue weighted by Crippen LogP contribution is 2.11. The lowest BCUT2D eigenvalue weighted by molar-refractivity contribution is 0.0950. The summed E-state index contributed by atoms with van der Waals surface area (Å²) in [5.41, 5.74) is 1.49. The van der Waals surface area contributed by atoms with Crippen molar-refractivity contribution >= 4 is 5.91 Å². The predicted molar refractivity (Wildman–Crippen MR) is 78.0 cm³/mol. The molecule has 0 aromatic heterocycles. The number of aliphatic hydroxyl groups is 1. The average molecular weight is 283 g/mol. The average Bonchev–Trinajstić information content (AvgIpc) is 2.52. The van der Waals surface area contributed by atoms with Gasteiger partial charge in [-0.3, -0.25) is 4.79 Å². The lowest BCUT2D eigenvalue weighted by Gasteiger charge is -2.07. The van der Waals surface area contributed by atoms with Crippen molar-refractivity contribution in [3.05, 3.63) is 71.0 Å². The van der Waals surface area contributed by atoms with Crippen LogP contribution in [0, 0.1) is 17.7 Å².